The minimum Gasteiger partial charge on any atom is -0.464 e. The first-order chi connectivity index (χ1) is 13.8. The summed E-state index contributed by atoms with van der Waals surface area (Å²) in [4.78, 5) is 24.5. The molecule has 0 spiro atoms. The number of nitrogen functional groups attached to an aromatic ring is 1. The number of imidazole rings is 1. The van der Waals surface area contributed by atoms with E-state index in [0.29, 0.717) is 29.4 Å². The van der Waals surface area contributed by atoms with Gasteiger partial charge in [-0.05, 0) is 27.7 Å². The van der Waals surface area contributed by atoms with E-state index in [2.05, 4.69) is 15.0 Å². The number of rotatable bonds is 6. The van der Waals surface area contributed by atoms with Gasteiger partial charge < -0.3 is 29.4 Å². The molecule has 0 aromatic carbocycles. The summed E-state index contributed by atoms with van der Waals surface area (Å²) in [5, 5.41) is 0. The minimum atomic E-state index is -0.781. The quantitative estimate of drug-likeness (QED) is 0.683. The average molecular weight is 407 g/mol. The first-order valence-corrected chi connectivity index (χ1v) is 9.50. The van der Waals surface area contributed by atoms with Crippen molar-refractivity contribution in [1.29, 1.82) is 0 Å². The van der Waals surface area contributed by atoms with Crippen LogP contribution in [0.5, 0.6) is 0 Å². The monoisotopic (exact) mass is 407 g/mol. The molecule has 2 fully saturated rings. The number of nitrogens with two attached hydrogens (primary N) is 1. The largest absolute Gasteiger partial charge is 0.464 e. The molecule has 2 N–H and O–H groups in total. The summed E-state index contributed by atoms with van der Waals surface area (Å²) in [7, 11) is 0. The Morgan fingerprint density at radius 3 is 2.83 bits per heavy atom. The Kier molecular flexibility index (Phi) is 5.15. The maximum absolute atomic E-state index is 11.5. The van der Waals surface area contributed by atoms with E-state index in [1.165, 1.54) is 0 Å². The molecule has 0 saturated carbocycles. The van der Waals surface area contributed by atoms with Crippen molar-refractivity contribution in [1.82, 2.24) is 19.5 Å². The number of anilines is 1. The van der Waals surface area contributed by atoms with Crippen LogP contribution in [-0.2, 0) is 28.5 Å². The van der Waals surface area contributed by atoms with Gasteiger partial charge in [-0.3, -0.25) is 4.57 Å². The molecule has 0 unspecified atom stereocenters. The lowest BCUT2D eigenvalue weighted by Crippen LogP contribution is -2.33. The molecule has 158 valence electrons. The number of fused-ring (bicyclic) bond motifs is 2. The molecule has 0 radical (unpaired) electrons. The summed E-state index contributed by atoms with van der Waals surface area (Å²) in [6, 6.07) is 0. The lowest BCUT2D eigenvalue weighted by atomic mass is 10.1. The van der Waals surface area contributed by atoms with Crippen molar-refractivity contribution in [2.45, 2.75) is 58.0 Å². The summed E-state index contributed by atoms with van der Waals surface area (Å²) in [6.45, 7) is 7.49. The van der Waals surface area contributed by atoms with Crippen LogP contribution in [0.2, 0.25) is 0 Å². The number of aromatic nitrogens is 4. The summed E-state index contributed by atoms with van der Waals surface area (Å²) in [5.74, 6) is -0.369. The van der Waals surface area contributed by atoms with Crippen LogP contribution in [0, 0.1) is 6.92 Å². The van der Waals surface area contributed by atoms with Crippen molar-refractivity contribution in [3.8, 4) is 0 Å². The smallest absolute Gasteiger partial charge is 0.332 e. The van der Waals surface area contributed by atoms with Crippen molar-refractivity contribution in [3.05, 3.63) is 12.2 Å². The highest BCUT2D eigenvalue weighted by Crippen LogP contribution is 2.43. The molecule has 2 aromatic rings. The van der Waals surface area contributed by atoms with Gasteiger partial charge in [0.1, 0.15) is 36.3 Å². The van der Waals surface area contributed by atoms with Gasteiger partial charge in [-0.1, -0.05) is 0 Å². The van der Waals surface area contributed by atoms with Crippen LogP contribution in [-0.4, -0.2) is 69.4 Å². The van der Waals surface area contributed by atoms with Gasteiger partial charge in [0.25, 0.3) is 0 Å². The fraction of sp³-hybridized carbons (Fsp3) is 0.667. The van der Waals surface area contributed by atoms with Gasteiger partial charge >= 0.3 is 5.97 Å². The summed E-state index contributed by atoms with van der Waals surface area (Å²) in [6.07, 6.45) is -0.173. The lowest BCUT2D eigenvalue weighted by Gasteiger charge is -2.24. The van der Waals surface area contributed by atoms with Crippen molar-refractivity contribution < 1.29 is 28.5 Å². The molecule has 0 aliphatic carbocycles. The third-order valence-electron chi connectivity index (χ3n) is 4.77. The normalized spacial score (nSPS) is 28.0. The molecular formula is C18H25N5O6. The van der Waals surface area contributed by atoms with Crippen LogP contribution >= 0.6 is 0 Å². The van der Waals surface area contributed by atoms with Crippen molar-refractivity contribution in [3.63, 3.8) is 0 Å². The van der Waals surface area contributed by atoms with Gasteiger partial charge in [-0.25, -0.2) is 19.7 Å². The molecule has 2 aromatic heterocycles. The first-order valence-electron chi connectivity index (χ1n) is 9.50. The van der Waals surface area contributed by atoms with Crippen molar-refractivity contribution >= 4 is 23.0 Å². The van der Waals surface area contributed by atoms with Crippen LogP contribution in [0.25, 0.3) is 11.2 Å². The van der Waals surface area contributed by atoms with Gasteiger partial charge in [0.05, 0.1) is 19.5 Å². The van der Waals surface area contributed by atoms with E-state index in [0.717, 1.165) is 0 Å². The van der Waals surface area contributed by atoms with E-state index in [4.69, 9.17) is 29.4 Å². The van der Waals surface area contributed by atoms with E-state index in [-0.39, 0.29) is 19.3 Å². The second-order valence-electron chi connectivity index (χ2n) is 7.43. The molecule has 4 rings (SSSR count). The number of hydrogen-bond acceptors (Lipinski definition) is 10. The fourth-order valence-electron chi connectivity index (χ4n) is 3.72. The summed E-state index contributed by atoms with van der Waals surface area (Å²) < 4.78 is 30.5. The maximum Gasteiger partial charge on any atom is 0.332 e. The Hall–Kier alpha value is -2.34. The third kappa shape index (κ3) is 3.78. The molecule has 0 bridgehead atoms. The third-order valence-corrected chi connectivity index (χ3v) is 4.77. The molecule has 29 heavy (non-hydrogen) atoms. The Morgan fingerprint density at radius 2 is 2.07 bits per heavy atom. The Bertz CT molecular complexity index is 916. The molecule has 11 heteroatoms. The molecule has 4 atom stereocenters. The van der Waals surface area contributed by atoms with Crippen LogP contribution in [0.15, 0.2) is 6.33 Å². The molecule has 11 nitrogen and oxygen atoms in total. The number of carbonyl (C=O) groups excluding carboxylic acids is 1. The van der Waals surface area contributed by atoms with Gasteiger partial charge in [0.15, 0.2) is 23.5 Å². The Labute approximate surface area is 167 Å². The van der Waals surface area contributed by atoms with Crippen LogP contribution in [0.3, 0.4) is 0 Å². The van der Waals surface area contributed by atoms with Gasteiger partial charge in [0, 0.05) is 0 Å². The number of carbonyl (C=O) groups is 1. The average Bonchev–Trinajstić information content (AvgIpc) is 3.27. The number of esters is 1. The fourth-order valence-corrected chi connectivity index (χ4v) is 3.72. The van der Waals surface area contributed by atoms with Gasteiger partial charge in [-0.2, -0.15) is 0 Å². The molecule has 2 saturated heterocycles. The molecule has 2 aliphatic rings. The maximum atomic E-state index is 11.5. The zero-order valence-corrected chi connectivity index (χ0v) is 16.8. The summed E-state index contributed by atoms with van der Waals surface area (Å²) in [5.41, 5.74) is 7.03. The molecule has 2 aliphatic heterocycles. The van der Waals surface area contributed by atoms with Gasteiger partial charge in [0.2, 0.25) is 0 Å². The van der Waals surface area contributed by atoms with Crippen LogP contribution in [0.1, 0.15) is 32.8 Å². The van der Waals surface area contributed by atoms with Crippen molar-refractivity contribution in [2.24, 2.45) is 0 Å². The highest BCUT2D eigenvalue weighted by molar-refractivity contribution is 5.81. The number of aryl methyl sites for hydroxylation is 1. The van der Waals surface area contributed by atoms with Crippen LogP contribution < -0.4 is 5.73 Å². The number of ether oxygens (including phenoxy) is 5. The van der Waals surface area contributed by atoms with E-state index >= 15 is 0 Å². The predicted octanol–water partition coefficient (Wildman–Crippen LogP) is 0.714. The Morgan fingerprint density at radius 1 is 1.31 bits per heavy atom. The first kappa shape index (κ1) is 20.0. The van der Waals surface area contributed by atoms with E-state index in [9.17, 15) is 4.79 Å². The van der Waals surface area contributed by atoms with E-state index < -0.39 is 30.2 Å². The number of nitrogens with zero attached hydrogens (tertiary/aromatic N) is 4. The SMILES string of the molecule is CCOC(=O)COC[C@H]1O[C@@H](n2cnc3c(N)nc(C)nc32)[C@@H]2OC(C)(C)O[C@@H]21. The zero-order chi connectivity index (χ0) is 20.8. The molecule has 4 heterocycles. The number of hydrogen-bond donors (Lipinski definition) is 1. The lowest BCUT2D eigenvalue weighted by molar-refractivity contribution is -0.202. The molecule has 0 amide bonds. The topological polar surface area (TPSA) is 133 Å². The summed E-state index contributed by atoms with van der Waals surface area (Å²) >= 11 is 0. The predicted molar refractivity (Wildman–Crippen MR) is 99.7 cm³/mol. The van der Waals surface area contributed by atoms with Crippen LogP contribution in [0.4, 0.5) is 5.82 Å². The zero-order valence-electron chi connectivity index (χ0n) is 16.8. The standard InChI is InChI=1S/C18H25N5O6/c1-5-26-11(24)7-25-6-10-13-14(29-18(3,4)28-13)17(27-10)23-8-20-12-15(19)21-9(2)22-16(12)23/h8,10,13-14,17H,5-7H2,1-4H3,(H2,19,21,22)/t10-,13-,14-,17-/m1/s1. The minimum absolute atomic E-state index is 0.151. The molecular weight excluding hydrogens is 382 g/mol. The second kappa shape index (κ2) is 7.48. The van der Waals surface area contributed by atoms with Crippen molar-refractivity contribution in [2.75, 3.05) is 25.6 Å². The Balaban J connectivity index is 1.57. The van der Waals surface area contributed by atoms with Gasteiger partial charge in [-0.15, -0.1) is 0 Å². The van der Waals surface area contributed by atoms with E-state index in [1.54, 1.807) is 24.7 Å². The van der Waals surface area contributed by atoms with E-state index in [1.807, 2.05) is 13.8 Å². The highest BCUT2D eigenvalue weighted by atomic mass is 16.8. The highest BCUT2D eigenvalue weighted by Gasteiger charge is 2.56. The second-order valence-corrected chi connectivity index (χ2v) is 7.43.